The van der Waals surface area contributed by atoms with Crippen molar-refractivity contribution in [2.45, 2.75) is 30.7 Å². The van der Waals surface area contributed by atoms with Crippen molar-refractivity contribution in [1.29, 1.82) is 0 Å². The maximum absolute atomic E-state index is 12.9. The highest BCUT2D eigenvalue weighted by Crippen LogP contribution is 2.41. The zero-order valence-corrected chi connectivity index (χ0v) is 19.1. The standard InChI is InChI=1S/C28H29N3O3/c32-26-12-7-17-28(30-26)20-31(18-25(28)21-8-3-1-4-9-21)19-27(33)29-22-13-15-24(16-14-22)34-23-10-5-2-6-11-23/h1-6,8-11,13-16,25H,7,12,17-20H2,(H,29,33)(H,30,32)/t25-,28+/m0/s1. The average molecular weight is 456 g/mol. The minimum atomic E-state index is -0.312. The number of hydrogen-bond donors (Lipinski definition) is 2. The summed E-state index contributed by atoms with van der Waals surface area (Å²) in [6, 6.07) is 27.3. The molecule has 2 saturated heterocycles. The fraction of sp³-hybridized carbons (Fsp3) is 0.286. The summed E-state index contributed by atoms with van der Waals surface area (Å²) in [5.41, 5.74) is 1.62. The number of benzene rings is 3. The molecule has 3 aromatic rings. The topological polar surface area (TPSA) is 70.7 Å². The summed E-state index contributed by atoms with van der Waals surface area (Å²) in [6.07, 6.45) is 2.39. The van der Waals surface area contributed by atoms with E-state index in [0.29, 0.717) is 18.7 Å². The Labute approximate surface area is 199 Å². The van der Waals surface area contributed by atoms with Gasteiger partial charge in [-0.25, -0.2) is 0 Å². The van der Waals surface area contributed by atoms with E-state index in [-0.39, 0.29) is 29.8 Å². The third kappa shape index (κ3) is 4.97. The maximum Gasteiger partial charge on any atom is 0.238 e. The molecule has 0 aromatic heterocycles. The lowest BCUT2D eigenvalue weighted by Crippen LogP contribution is -2.56. The van der Waals surface area contributed by atoms with Crippen LogP contribution in [-0.4, -0.2) is 41.9 Å². The second-order valence-corrected chi connectivity index (χ2v) is 9.18. The van der Waals surface area contributed by atoms with E-state index in [1.165, 1.54) is 5.56 Å². The van der Waals surface area contributed by atoms with Crippen LogP contribution >= 0.6 is 0 Å². The number of piperidine rings is 1. The molecule has 0 unspecified atom stereocenters. The van der Waals surface area contributed by atoms with Gasteiger partial charge in [-0.05, 0) is 54.8 Å². The van der Waals surface area contributed by atoms with E-state index < -0.39 is 0 Å². The summed E-state index contributed by atoms with van der Waals surface area (Å²) in [5, 5.41) is 6.28. The number of hydrogen-bond acceptors (Lipinski definition) is 4. The van der Waals surface area contributed by atoms with Crippen molar-refractivity contribution >= 4 is 17.5 Å². The molecule has 0 bridgehead atoms. The molecule has 2 fully saturated rings. The molecule has 2 atom stereocenters. The molecule has 0 aliphatic carbocycles. The van der Waals surface area contributed by atoms with Gasteiger partial charge in [0.1, 0.15) is 11.5 Å². The summed E-state index contributed by atoms with van der Waals surface area (Å²) in [5.74, 6) is 1.69. The Morgan fingerprint density at radius 2 is 1.65 bits per heavy atom. The minimum Gasteiger partial charge on any atom is -0.457 e. The number of nitrogens with zero attached hydrogens (tertiary/aromatic N) is 1. The minimum absolute atomic E-state index is 0.0669. The molecule has 5 rings (SSSR count). The first-order valence-electron chi connectivity index (χ1n) is 11.8. The largest absolute Gasteiger partial charge is 0.457 e. The quantitative estimate of drug-likeness (QED) is 0.572. The van der Waals surface area contributed by atoms with Gasteiger partial charge in [-0.2, -0.15) is 0 Å². The van der Waals surface area contributed by atoms with Gasteiger partial charge in [0.05, 0.1) is 12.1 Å². The Morgan fingerprint density at radius 3 is 2.35 bits per heavy atom. The van der Waals surface area contributed by atoms with Gasteiger partial charge >= 0.3 is 0 Å². The van der Waals surface area contributed by atoms with E-state index >= 15 is 0 Å². The Balaban J connectivity index is 1.22. The van der Waals surface area contributed by atoms with E-state index in [2.05, 4.69) is 27.7 Å². The molecule has 2 N–H and O–H groups in total. The number of anilines is 1. The third-order valence-corrected chi connectivity index (χ3v) is 6.71. The lowest BCUT2D eigenvalue weighted by Gasteiger charge is -2.39. The first-order chi connectivity index (χ1) is 16.6. The molecule has 2 amide bonds. The van der Waals surface area contributed by atoms with E-state index in [9.17, 15) is 9.59 Å². The zero-order valence-electron chi connectivity index (χ0n) is 19.1. The van der Waals surface area contributed by atoms with Crippen molar-refractivity contribution in [3.8, 4) is 11.5 Å². The number of rotatable bonds is 6. The molecule has 0 saturated carbocycles. The van der Waals surface area contributed by atoms with Crippen LogP contribution in [0.2, 0.25) is 0 Å². The van der Waals surface area contributed by atoms with Crippen LogP contribution in [0.25, 0.3) is 0 Å². The number of carbonyl (C=O) groups excluding carboxylic acids is 2. The van der Waals surface area contributed by atoms with Gasteiger partial charge in [-0.3, -0.25) is 14.5 Å². The molecule has 2 aliphatic heterocycles. The molecule has 174 valence electrons. The van der Waals surface area contributed by atoms with Gasteiger partial charge in [0, 0.05) is 31.1 Å². The van der Waals surface area contributed by atoms with E-state index in [0.717, 1.165) is 30.8 Å². The zero-order chi connectivity index (χ0) is 23.4. The molecule has 34 heavy (non-hydrogen) atoms. The lowest BCUT2D eigenvalue weighted by atomic mass is 9.76. The van der Waals surface area contributed by atoms with E-state index in [4.69, 9.17) is 4.74 Å². The fourth-order valence-corrected chi connectivity index (χ4v) is 5.22. The van der Waals surface area contributed by atoms with Crippen LogP contribution in [0.1, 0.15) is 30.7 Å². The SMILES string of the molecule is O=C(CN1C[C@@H](c2ccccc2)[C@@]2(CCCC(=O)N2)C1)Nc1ccc(Oc2ccccc2)cc1. The van der Waals surface area contributed by atoms with Crippen LogP contribution in [0.4, 0.5) is 5.69 Å². The highest BCUT2D eigenvalue weighted by molar-refractivity contribution is 5.92. The highest BCUT2D eigenvalue weighted by Gasteiger charge is 2.49. The summed E-state index contributed by atoms with van der Waals surface area (Å²) >= 11 is 0. The maximum atomic E-state index is 12.9. The molecule has 1 spiro atoms. The van der Waals surface area contributed by atoms with Gasteiger partial charge in [-0.15, -0.1) is 0 Å². The van der Waals surface area contributed by atoms with E-state index in [1.54, 1.807) is 0 Å². The molecule has 3 aromatic carbocycles. The number of likely N-dealkylation sites (tertiary alicyclic amines) is 1. The summed E-state index contributed by atoms with van der Waals surface area (Å²) in [7, 11) is 0. The normalized spacial score (nSPS) is 22.4. The van der Waals surface area contributed by atoms with Crippen LogP contribution in [0.5, 0.6) is 11.5 Å². The third-order valence-electron chi connectivity index (χ3n) is 6.71. The molecule has 2 heterocycles. The smallest absolute Gasteiger partial charge is 0.238 e. The predicted octanol–water partition coefficient (Wildman–Crippen LogP) is 4.56. The second kappa shape index (κ2) is 9.69. The number of amides is 2. The fourth-order valence-electron chi connectivity index (χ4n) is 5.22. The number of nitrogens with one attached hydrogen (secondary N) is 2. The van der Waals surface area contributed by atoms with Crippen molar-refractivity contribution in [3.63, 3.8) is 0 Å². The second-order valence-electron chi connectivity index (χ2n) is 9.18. The first-order valence-corrected chi connectivity index (χ1v) is 11.8. The van der Waals surface area contributed by atoms with Crippen molar-refractivity contribution in [1.82, 2.24) is 10.2 Å². The van der Waals surface area contributed by atoms with Crippen molar-refractivity contribution in [2.24, 2.45) is 0 Å². The van der Waals surface area contributed by atoms with Crippen molar-refractivity contribution < 1.29 is 14.3 Å². The molecule has 2 aliphatic rings. The summed E-state index contributed by atoms with van der Waals surface area (Å²) in [4.78, 5) is 27.3. The van der Waals surface area contributed by atoms with Crippen LogP contribution < -0.4 is 15.4 Å². The Hall–Kier alpha value is -3.64. The average Bonchev–Trinajstić information content (AvgIpc) is 3.17. The highest BCUT2D eigenvalue weighted by atomic mass is 16.5. The number of carbonyl (C=O) groups is 2. The summed E-state index contributed by atoms with van der Waals surface area (Å²) < 4.78 is 5.82. The van der Waals surface area contributed by atoms with Gasteiger partial charge in [0.2, 0.25) is 11.8 Å². The Bertz CT molecular complexity index is 1130. The molecule has 6 heteroatoms. The molecule has 0 radical (unpaired) electrons. The van der Waals surface area contributed by atoms with Crippen LogP contribution in [0.15, 0.2) is 84.9 Å². The van der Waals surface area contributed by atoms with Crippen molar-refractivity contribution in [3.05, 3.63) is 90.5 Å². The number of ether oxygens (including phenoxy) is 1. The van der Waals surface area contributed by atoms with Gasteiger partial charge in [0.25, 0.3) is 0 Å². The predicted molar refractivity (Wildman–Crippen MR) is 132 cm³/mol. The Kier molecular flexibility index (Phi) is 6.32. The molecular formula is C28H29N3O3. The van der Waals surface area contributed by atoms with Crippen LogP contribution in [-0.2, 0) is 9.59 Å². The van der Waals surface area contributed by atoms with Gasteiger partial charge < -0.3 is 15.4 Å². The van der Waals surface area contributed by atoms with Gasteiger partial charge in [-0.1, -0.05) is 48.5 Å². The van der Waals surface area contributed by atoms with Crippen LogP contribution in [0.3, 0.4) is 0 Å². The Morgan fingerprint density at radius 1 is 0.971 bits per heavy atom. The monoisotopic (exact) mass is 455 g/mol. The first kappa shape index (κ1) is 22.2. The van der Waals surface area contributed by atoms with Crippen LogP contribution in [0, 0.1) is 0 Å². The molecular weight excluding hydrogens is 426 g/mol. The van der Waals surface area contributed by atoms with Gasteiger partial charge in [0.15, 0.2) is 0 Å². The lowest BCUT2D eigenvalue weighted by molar-refractivity contribution is -0.125. The van der Waals surface area contributed by atoms with E-state index in [1.807, 2.05) is 72.8 Å². The molecule has 6 nitrogen and oxygen atoms in total. The van der Waals surface area contributed by atoms with Crippen molar-refractivity contribution in [2.75, 3.05) is 25.0 Å². The number of para-hydroxylation sites is 1. The summed E-state index contributed by atoms with van der Waals surface area (Å²) in [6.45, 7) is 1.69.